The molecule has 2 aromatic rings. The Labute approximate surface area is 133 Å². The van der Waals surface area contributed by atoms with E-state index in [2.05, 4.69) is 41.8 Å². The number of fused-ring (bicyclic) bond motifs is 1. The molecular weight excluding hydrogens is 330 g/mol. The van der Waals surface area contributed by atoms with E-state index in [0.717, 1.165) is 61.2 Å². The van der Waals surface area contributed by atoms with Crippen molar-refractivity contribution in [1.82, 2.24) is 14.9 Å². The predicted molar refractivity (Wildman–Crippen MR) is 89.6 cm³/mol. The van der Waals surface area contributed by atoms with Gasteiger partial charge in [-0.1, -0.05) is 0 Å². The molecule has 0 saturated carbocycles. The first-order chi connectivity index (χ1) is 10.3. The van der Waals surface area contributed by atoms with Crippen LogP contribution in [0.4, 0.5) is 5.69 Å². The lowest BCUT2D eigenvalue weighted by Gasteiger charge is -2.36. The van der Waals surface area contributed by atoms with E-state index >= 15 is 0 Å². The molecule has 0 radical (unpaired) electrons. The first-order valence-electron chi connectivity index (χ1n) is 7.35. The molecule has 0 unspecified atom stereocenters. The van der Waals surface area contributed by atoms with Gasteiger partial charge in [-0.25, -0.2) is 0 Å². The van der Waals surface area contributed by atoms with Crippen molar-refractivity contribution in [2.45, 2.75) is 6.42 Å². The molecule has 0 aliphatic carbocycles. The number of aromatic nitrogens is 2. The van der Waals surface area contributed by atoms with E-state index in [1.807, 2.05) is 18.5 Å². The maximum Gasteiger partial charge on any atom is 0.112 e. The number of hydrogen-bond donors (Lipinski definition) is 1. The van der Waals surface area contributed by atoms with Crippen LogP contribution in [0.1, 0.15) is 6.42 Å². The van der Waals surface area contributed by atoms with Crippen molar-refractivity contribution in [2.75, 3.05) is 44.2 Å². The first-order valence-corrected chi connectivity index (χ1v) is 8.15. The molecule has 1 fully saturated rings. The fourth-order valence-electron chi connectivity index (χ4n) is 2.77. The van der Waals surface area contributed by atoms with Crippen LogP contribution in [-0.2, 0) is 0 Å². The molecule has 6 heteroatoms. The van der Waals surface area contributed by atoms with E-state index in [0.29, 0.717) is 0 Å². The van der Waals surface area contributed by atoms with Crippen LogP contribution in [0.25, 0.3) is 11.0 Å². The van der Waals surface area contributed by atoms with Gasteiger partial charge in [-0.15, -0.1) is 0 Å². The van der Waals surface area contributed by atoms with Gasteiger partial charge in [0, 0.05) is 43.0 Å². The predicted octanol–water partition coefficient (Wildman–Crippen LogP) is 1.86. The molecule has 3 rings (SSSR count). The summed E-state index contributed by atoms with van der Waals surface area (Å²) >= 11 is 3.45. The van der Waals surface area contributed by atoms with Crippen LogP contribution < -0.4 is 10.6 Å². The summed E-state index contributed by atoms with van der Waals surface area (Å²) < 4.78 is 0.964. The molecule has 0 spiro atoms. The normalized spacial score (nSPS) is 16.6. The smallest absolute Gasteiger partial charge is 0.112 e. The Morgan fingerprint density at radius 2 is 2.00 bits per heavy atom. The average Bonchev–Trinajstić information content (AvgIpc) is 2.52. The Bertz CT molecular complexity index is 610. The van der Waals surface area contributed by atoms with E-state index in [-0.39, 0.29) is 0 Å². The summed E-state index contributed by atoms with van der Waals surface area (Å²) in [6.07, 6.45) is 4.78. The Morgan fingerprint density at radius 1 is 1.19 bits per heavy atom. The lowest BCUT2D eigenvalue weighted by molar-refractivity contribution is 0.256. The van der Waals surface area contributed by atoms with Crippen molar-refractivity contribution < 1.29 is 0 Å². The largest absolute Gasteiger partial charge is 0.367 e. The minimum absolute atomic E-state index is 0.772. The molecule has 0 bridgehead atoms. The zero-order valence-corrected chi connectivity index (χ0v) is 13.6. The second kappa shape index (κ2) is 6.68. The monoisotopic (exact) mass is 349 g/mol. The summed E-state index contributed by atoms with van der Waals surface area (Å²) in [4.78, 5) is 13.8. The molecule has 1 aliphatic rings. The van der Waals surface area contributed by atoms with Crippen molar-refractivity contribution in [3.05, 3.63) is 29.0 Å². The third-order valence-corrected chi connectivity index (χ3v) is 4.35. The topological polar surface area (TPSA) is 58.3 Å². The number of pyridine rings is 2. The Kier molecular flexibility index (Phi) is 4.67. The third kappa shape index (κ3) is 3.33. The summed E-state index contributed by atoms with van der Waals surface area (Å²) in [5, 5.41) is 0. The molecule has 0 aromatic carbocycles. The van der Waals surface area contributed by atoms with E-state index < -0.39 is 0 Å². The van der Waals surface area contributed by atoms with Gasteiger partial charge in [-0.05, 0) is 47.6 Å². The van der Waals surface area contributed by atoms with Crippen LogP contribution in [0.5, 0.6) is 0 Å². The molecule has 2 aromatic heterocycles. The number of piperazine rings is 1. The van der Waals surface area contributed by atoms with E-state index in [1.165, 1.54) is 5.69 Å². The molecule has 1 saturated heterocycles. The van der Waals surface area contributed by atoms with Crippen molar-refractivity contribution in [1.29, 1.82) is 0 Å². The molecule has 0 atom stereocenters. The van der Waals surface area contributed by atoms with Gasteiger partial charge in [0.25, 0.3) is 0 Å². The van der Waals surface area contributed by atoms with E-state index in [4.69, 9.17) is 5.73 Å². The highest BCUT2D eigenvalue weighted by Crippen LogP contribution is 2.26. The molecule has 3 heterocycles. The molecular formula is C15H20BrN5. The summed E-state index contributed by atoms with van der Waals surface area (Å²) in [6, 6.07) is 4.09. The van der Waals surface area contributed by atoms with Gasteiger partial charge in [-0.2, -0.15) is 0 Å². The van der Waals surface area contributed by atoms with Gasteiger partial charge >= 0.3 is 0 Å². The van der Waals surface area contributed by atoms with Crippen molar-refractivity contribution in [3.63, 3.8) is 0 Å². The van der Waals surface area contributed by atoms with Gasteiger partial charge in [-0.3, -0.25) is 14.9 Å². The van der Waals surface area contributed by atoms with E-state index in [9.17, 15) is 0 Å². The van der Waals surface area contributed by atoms with Gasteiger partial charge in [0.15, 0.2) is 0 Å². The van der Waals surface area contributed by atoms with Crippen LogP contribution in [-0.4, -0.2) is 54.1 Å². The quantitative estimate of drug-likeness (QED) is 0.912. The number of hydrogen-bond acceptors (Lipinski definition) is 5. The maximum atomic E-state index is 5.58. The Hall–Kier alpha value is -1.24. The first kappa shape index (κ1) is 14.7. The zero-order chi connectivity index (χ0) is 14.7. The zero-order valence-electron chi connectivity index (χ0n) is 12.0. The molecule has 0 amide bonds. The van der Waals surface area contributed by atoms with Crippen LogP contribution in [0.15, 0.2) is 29.0 Å². The molecule has 21 heavy (non-hydrogen) atoms. The molecule has 2 N–H and O–H groups in total. The highest BCUT2D eigenvalue weighted by molar-refractivity contribution is 9.10. The molecule has 112 valence electrons. The van der Waals surface area contributed by atoms with Crippen molar-refractivity contribution in [2.24, 2.45) is 5.73 Å². The number of anilines is 1. The second-order valence-corrected chi connectivity index (χ2v) is 6.24. The summed E-state index contributed by atoms with van der Waals surface area (Å²) in [5.74, 6) is 0. The highest BCUT2D eigenvalue weighted by atomic mass is 79.9. The minimum atomic E-state index is 0.772. The summed E-state index contributed by atoms with van der Waals surface area (Å²) in [7, 11) is 0. The van der Waals surface area contributed by atoms with Crippen molar-refractivity contribution >= 4 is 32.7 Å². The highest BCUT2D eigenvalue weighted by Gasteiger charge is 2.18. The average molecular weight is 350 g/mol. The number of nitrogens with two attached hydrogens (primary N) is 1. The van der Waals surface area contributed by atoms with Crippen LogP contribution >= 0.6 is 15.9 Å². The second-order valence-electron chi connectivity index (χ2n) is 5.32. The van der Waals surface area contributed by atoms with Gasteiger partial charge in [0.1, 0.15) is 5.52 Å². The third-order valence-electron chi connectivity index (χ3n) is 3.91. The van der Waals surface area contributed by atoms with Crippen LogP contribution in [0.2, 0.25) is 0 Å². The Morgan fingerprint density at radius 3 is 2.76 bits per heavy atom. The molecule has 5 nitrogen and oxygen atoms in total. The van der Waals surface area contributed by atoms with E-state index in [1.54, 1.807) is 0 Å². The lowest BCUT2D eigenvalue weighted by atomic mass is 10.2. The SMILES string of the molecule is NCCCN1CCN(c2ccnc3cc(Br)cnc23)CC1. The Balaban J connectivity index is 1.76. The summed E-state index contributed by atoms with van der Waals surface area (Å²) in [5.41, 5.74) is 8.69. The van der Waals surface area contributed by atoms with Gasteiger partial charge in [0.2, 0.25) is 0 Å². The minimum Gasteiger partial charge on any atom is -0.367 e. The van der Waals surface area contributed by atoms with Gasteiger partial charge < -0.3 is 10.6 Å². The number of rotatable bonds is 4. The van der Waals surface area contributed by atoms with Gasteiger partial charge in [0.05, 0.1) is 11.2 Å². The molecule has 1 aliphatic heterocycles. The number of nitrogens with zero attached hydrogens (tertiary/aromatic N) is 4. The standard InChI is InChI=1S/C15H20BrN5/c16-12-10-13-15(19-11-12)14(2-4-18-13)21-8-6-20(7-9-21)5-1-3-17/h2,4,10-11H,1,3,5-9,17H2. The van der Waals surface area contributed by atoms with Crippen molar-refractivity contribution in [3.8, 4) is 0 Å². The van der Waals surface area contributed by atoms with Crippen LogP contribution in [0, 0.1) is 0 Å². The lowest BCUT2D eigenvalue weighted by Crippen LogP contribution is -2.47. The fraction of sp³-hybridized carbons (Fsp3) is 0.467. The van der Waals surface area contributed by atoms with Crippen LogP contribution in [0.3, 0.4) is 0 Å². The number of halogens is 1. The fourth-order valence-corrected chi connectivity index (χ4v) is 3.09. The summed E-state index contributed by atoms with van der Waals surface area (Å²) in [6.45, 7) is 6.10. The maximum absolute atomic E-state index is 5.58.